The third kappa shape index (κ3) is 3.32. The van der Waals surface area contributed by atoms with Gasteiger partial charge in [0.1, 0.15) is 0 Å². The van der Waals surface area contributed by atoms with E-state index in [0.717, 1.165) is 13.1 Å². The predicted octanol–water partition coefficient (Wildman–Crippen LogP) is -0.456. The summed E-state index contributed by atoms with van der Waals surface area (Å²) < 4.78 is 0. The first kappa shape index (κ1) is 10.5. The zero-order valence-corrected chi connectivity index (χ0v) is 8.42. The molecule has 1 rings (SSSR count). The molecule has 0 unspecified atom stereocenters. The van der Waals surface area contributed by atoms with Crippen molar-refractivity contribution in [2.24, 2.45) is 5.73 Å². The van der Waals surface area contributed by atoms with E-state index in [2.05, 4.69) is 24.1 Å². The zero-order valence-electron chi connectivity index (χ0n) is 8.42. The molecule has 0 spiro atoms. The molecular weight excluding hydrogens is 166 g/mol. The first-order chi connectivity index (χ1) is 6.09. The van der Waals surface area contributed by atoms with E-state index in [4.69, 9.17) is 5.73 Å². The molecule has 13 heavy (non-hydrogen) atoms. The van der Waals surface area contributed by atoms with E-state index in [-0.39, 0.29) is 5.91 Å². The standard InChI is InChI=1S/C9H19N3O/c1-7(2)12-5-8(6-12)11-4-3-9(10)13/h7-8,11H,3-6H2,1-2H3,(H2,10,13). The third-order valence-corrected chi connectivity index (χ3v) is 2.44. The van der Waals surface area contributed by atoms with E-state index in [1.54, 1.807) is 0 Å². The lowest BCUT2D eigenvalue weighted by Crippen LogP contribution is -2.60. The van der Waals surface area contributed by atoms with Crippen molar-refractivity contribution in [3.63, 3.8) is 0 Å². The van der Waals surface area contributed by atoms with E-state index in [1.807, 2.05) is 0 Å². The molecular formula is C9H19N3O. The molecule has 3 N–H and O–H groups in total. The highest BCUT2D eigenvalue weighted by Gasteiger charge is 2.27. The van der Waals surface area contributed by atoms with Gasteiger partial charge in [0, 0.05) is 38.1 Å². The second-order valence-electron chi connectivity index (χ2n) is 3.92. The maximum atomic E-state index is 10.4. The van der Waals surface area contributed by atoms with Crippen molar-refractivity contribution in [2.45, 2.75) is 32.4 Å². The van der Waals surface area contributed by atoms with E-state index in [1.165, 1.54) is 0 Å². The average molecular weight is 185 g/mol. The molecule has 0 aromatic heterocycles. The third-order valence-electron chi connectivity index (χ3n) is 2.44. The monoisotopic (exact) mass is 185 g/mol. The number of carbonyl (C=O) groups excluding carboxylic acids is 1. The van der Waals surface area contributed by atoms with Crippen LogP contribution >= 0.6 is 0 Å². The lowest BCUT2D eigenvalue weighted by atomic mass is 10.1. The van der Waals surface area contributed by atoms with Crippen LogP contribution in [0.4, 0.5) is 0 Å². The van der Waals surface area contributed by atoms with Gasteiger partial charge in [0.05, 0.1) is 0 Å². The number of likely N-dealkylation sites (tertiary alicyclic amines) is 1. The summed E-state index contributed by atoms with van der Waals surface area (Å²) in [5.41, 5.74) is 5.02. The Kier molecular flexibility index (Phi) is 3.69. The maximum Gasteiger partial charge on any atom is 0.218 e. The maximum absolute atomic E-state index is 10.4. The van der Waals surface area contributed by atoms with Crippen LogP contribution in [0, 0.1) is 0 Å². The molecule has 0 aromatic rings. The normalized spacial score (nSPS) is 19.0. The van der Waals surface area contributed by atoms with Crippen LogP contribution in [0.2, 0.25) is 0 Å². The highest BCUT2D eigenvalue weighted by molar-refractivity contribution is 5.73. The van der Waals surface area contributed by atoms with Gasteiger partial charge in [-0.3, -0.25) is 9.69 Å². The number of amides is 1. The van der Waals surface area contributed by atoms with Gasteiger partial charge in [0.15, 0.2) is 0 Å². The van der Waals surface area contributed by atoms with E-state index < -0.39 is 0 Å². The van der Waals surface area contributed by atoms with Crippen LogP contribution in [0.1, 0.15) is 20.3 Å². The number of primary amides is 1. The van der Waals surface area contributed by atoms with Crippen LogP contribution in [-0.4, -0.2) is 42.5 Å². The molecule has 4 nitrogen and oxygen atoms in total. The Hall–Kier alpha value is -0.610. The minimum atomic E-state index is -0.229. The Morgan fingerprint density at radius 3 is 2.69 bits per heavy atom. The van der Waals surface area contributed by atoms with E-state index >= 15 is 0 Å². The summed E-state index contributed by atoms with van der Waals surface area (Å²) in [7, 11) is 0. The molecule has 0 aliphatic carbocycles. The van der Waals surface area contributed by atoms with Gasteiger partial charge in [-0.1, -0.05) is 0 Å². The minimum Gasteiger partial charge on any atom is -0.370 e. The summed E-state index contributed by atoms with van der Waals surface area (Å²) in [6, 6.07) is 1.19. The van der Waals surface area contributed by atoms with E-state index in [9.17, 15) is 4.79 Å². The smallest absolute Gasteiger partial charge is 0.218 e. The predicted molar refractivity (Wildman–Crippen MR) is 52.3 cm³/mol. The first-order valence-corrected chi connectivity index (χ1v) is 4.85. The molecule has 1 saturated heterocycles. The second kappa shape index (κ2) is 4.58. The number of nitrogens with one attached hydrogen (secondary N) is 1. The number of hydrogen-bond acceptors (Lipinski definition) is 3. The van der Waals surface area contributed by atoms with Crippen LogP contribution in [-0.2, 0) is 4.79 Å². The van der Waals surface area contributed by atoms with Crippen LogP contribution in [0.25, 0.3) is 0 Å². The Labute approximate surface area is 79.5 Å². The van der Waals surface area contributed by atoms with Crippen molar-refractivity contribution in [1.29, 1.82) is 0 Å². The molecule has 0 radical (unpaired) electrons. The van der Waals surface area contributed by atoms with E-state index in [0.29, 0.717) is 25.0 Å². The Balaban J connectivity index is 1.99. The molecule has 1 aliphatic heterocycles. The summed E-state index contributed by atoms with van der Waals surface area (Å²) >= 11 is 0. The van der Waals surface area contributed by atoms with Gasteiger partial charge in [0.2, 0.25) is 5.91 Å². The van der Waals surface area contributed by atoms with Crippen LogP contribution in [0.3, 0.4) is 0 Å². The highest BCUT2D eigenvalue weighted by Crippen LogP contribution is 2.11. The van der Waals surface area contributed by atoms with Crippen LogP contribution < -0.4 is 11.1 Å². The number of nitrogens with zero attached hydrogens (tertiary/aromatic N) is 1. The molecule has 0 saturated carbocycles. The first-order valence-electron chi connectivity index (χ1n) is 4.85. The summed E-state index contributed by atoms with van der Waals surface area (Å²) in [5.74, 6) is -0.229. The molecule has 0 bridgehead atoms. The summed E-state index contributed by atoms with van der Waals surface area (Å²) in [6.45, 7) is 7.29. The Morgan fingerprint density at radius 2 is 2.23 bits per heavy atom. The van der Waals surface area contributed by atoms with Gasteiger partial charge < -0.3 is 11.1 Å². The van der Waals surface area contributed by atoms with Crippen LogP contribution in [0.5, 0.6) is 0 Å². The van der Waals surface area contributed by atoms with Gasteiger partial charge in [-0.15, -0.1) is 0 Å². The number of carbonyl (C=O) groups is 1. The molecule has 76 valence electrons. The summed E-state index contributed by atoms with van der Waals surface area (Å²) in [5, 5.41) is 3.29. The lowest BCUT2D eigenvalue weighted by molar-refractivity contribution is -0.118. The van der Waals surface area contributed by atoms with Gasteiger partial charge in [0.25, 0.3) is 0 Å². The highest BCUT2D eigenvalue weighted by atomic mass is 16.1. The average Bonchev–Trinajstić information content (AvgIpc) is 1.92. The Morgan fingerprint density at radius 1 is 1.62 bits per heavy atom. The van der Waals surface area contributed by atoms with Crippen molar-refractivity contribution >= 4 is 5.91 Å². The SMILES string of the molecule is CC(C)N1CC(NCCC(N)=O)C1. The molecule has 1 amide bonds. The number of hydrogen-bond donors (Lipinski definition) is 2. The number of nitrogens with two attached hydrogens (primary N) is 1. The molecule has 0 atom stereocenters. The van der Waals surface area contributed by atoms with Crippen molar-refractivity contribution in [1.82, 2.24) is 10.2 Å². The fraction of sp³-hybridized carbons (Fsp3) is 0.889. The minimum absolute atomic E-state index is 0.229. The topological polar surface area (TPSA) is 58.4 Å². The molecule has 1 aliphatic rings. The quantitative estimate of drug-likeness (QED) is 0.609. The molecule has 4 heteroatoms. The van der Waals surface area contributed by atoms with Crippen molar-refractivity contribution < 1.29 is 4.79 Å². The largest absolute Gasteiger partial charge is 0.370 e. The molecule has 1 heterocycles. The summed E-state index contributed by atoms with van der Waals surface area (Å²) in [6.07, 6.45) is 0.443. The Bertz CT molecular complexity index is 176. The van der Waals surface area contributed by atoms with Crippen molar-refractivity contribution in [3.8, 4) is 0 Å². The van der Waals surface area contributed by atoms with Gasteiger partial charge in [-0.05, 0) is 13.8 Å². The van der Waals surface area contributed by atoms with Crippen molar-refractivity contribution in [2.75, 3.05) is 19.6 Å². The van der Waals surface area contributed by atoms with Crippen molar-refractivity contribution in [3.05, 3.63) is 0 Å². The second-order valence-corrected chi connectivity index (χ2v) is 3.92. The van der Waals surface area contributed by atoms with Gasteiger partial charge in [-0.25, -0.2) is 0 Å². The fourth-order valence-corrected chi connectivity index (χ4v) is 1.46. The molecule has 0 aromatic carbocycles. The van der Waals surface area contributed by atoms with Crippen LogP contribution in [0.15, 0.2) is 0 Å². The zero-order chi connectivity index (χ0) is 9.84. The number of rotatable bonds is 5. The molecule has 1 fully saturated rings. The van der Waals surface area contributed by atoms with Gasteiger partial charge >= 0.3 is 0 Å². The van der Waals surface area contributed by atoms with Gasteiger partial charge in [-0.2, -0.15) is 0 Å². The lowest BCUT2D eigenvalue weighted by Gasteiger charge is -2.42. The summed E-state index contributed by atoms with van der Waals surface area (Å²) in [4.78, 5) is 12.8. The fourth-order valence-electron chi connectivity index (χ4n) is 1.46.